The number of carbonyl (C=O) groups excluding carboxylic acids is 3. The zero-order valence-electron chi connectivity index (χ0n) is 21.9. The summed E-state index contributed by atoms with van der Waals surface area (Å²) < 4.78 is 5.33. The molecule has 3 aromatic rings. The molecule has 8 heteroatoms. The number of hydrogen-bond acceptors (Lipinski definition) is 6. The van der Waals surface area contributed by atoms with Crippen LogP contribution in [-0.4, -0.2) is 22.7 Å². The molecule has 0 spiro atoms. The molecule has 4 fully saturated rings. The topological polar surface area (TPSA) is 107 Å². The largest absolute Gasteiger partial charge is 0.457 e. The van der Waals surface area contributed by atoms with Crippen LogP contribution in [-0.2, 0) is 16.8 Å². The summed E-state index contributed by atoms with van der Waals surface area (Å²) in [6.45, 7) is -0.0386. The molecular formula is C32H28N2O6. The molecule has 4 bridgehead atoms. The van der Waals surface area contributed by atoms with E-state index in [0.29, 0.717) is 22.4 Å². The number of non-ortho nitro benzene ring substituents is 1. The minimum absolute atomic E-state index is 0.0386. The highest BCUT2D eigenvalue weighted by molar-refractivity contribution is 6.34. The van der Waals surface area contributed by atoms with E-state index >= 15 is 0 Å². The fourth-order valence-corrected chi connectivity index (χ4v) is 7.96. The number of anilines is 1. The van der Waals surface area contributed by atoms with Crippen LogP contribution < -0.4 is 4.90 Å². The van der Waals surface area contributed by atoms with Crippen molar-refractivity contribution < 1.29 is 24.0 Å². The zero-order valence-corrected chi connectivity index (χ0v) is 21.9. The van der Waals surface area contributed by atoms with Gasteiger partial charge in [0.25, 0.3) is 17.5 Å². The Morgan fingerprint density at radius 3 is 2.05 bits per heavy atom. The van der Waals surface area contributed by atoms with E-state index < -0.39 is 10.9 Å². The maximum atomic E-state index is 13.5. The van der Waals surface area contributed by atoms with Crippen molar-refractivity contribution in [3.63, 3.8) is 0 Å². The molecule has 0 saturated heterocycles. The Morgan fingerprint density at radius 2 is 1.45 bits per heavy atom. The molecule has 1 aliphatic heterocycles. The van der Waals surface area contributed by atoms with E-state index in [1.807, 2.05) is 12.1 Å². The number of nitrogens with zero attached hydrogens (tertiary/aromatic N) is 2. The van der Waals surface area contributed by atoms with Crippen LogP contribution in [0.3, 0.4) is 0 Å². The summed E-state index contributed by atoms with van der Waals surface area (Å²) in [6, 6.07) is 17.9. The summed E-state index contributed by atoms with van der Waals surface area (Å²) >= 11 is 0. The summed E-state index contributed by atoms with van der Waals surface area (Å²) in [5.41, 5.74) is 3.48. The van der Waals surface area contributed by atoms with Gasteiger partial charge in [0.15, 0.2) is 0 Å². The quantitative estimate of drug-likeness (QED) is 0.160. The van der Waals surface area contributed by atoms with Gasteiger partial charge in [0.2, 0.25) is 0 Å². The monoisotopic (exact) mass is 536 g/mol. The smallest absolute Gasteiger partial charge is 0.338 e. The molecule has 202 valence electrons. The Bertz CT molecular complexity index is 1520. The van der Waals surface area contributed by atoms with Gasteiger partial charge in [0.1, 0.15) is 6.61 Å². The Kier molecular flexibility index (Phi) is 5.63. The van der Waals surface area contributed by atoms with Gasteiger partial charge in [-0.15, -0.1) is 0 Å². The standard InChI is InChI=1S/C32H28N2O6/c35-29-27-10-5-24(32-15-20-11-21(16-32)13-22(12-20)17-32)14-28(27)30(36)33(29)25-8-3-23(4-9-25)31(37)40-18-19-1-6-26(7-2-19)34(38)39/h1-10,14,20-22H,11-13,15-18H2. The Hall–Kier alpha value is -4.33. The molecule has 3 aromatic carbocycles. The molecule has 4 saturated carbocycles. The lowest BCUT2D eigenvalue weighted by molar-refractivity contribution is -0.384. The number of hydrogen-bond donors (Lipinski definition) is 0. The first-order chi connectivity index (χ1) is 19.3. The van der Waals surface area contributed by atoms with Crippen molar-refractivity contribution in [3.05, 3.63) is 105 Å². The molecule has 4 aliphatic carbocycles. The molecule has 0 N–H and O–H groups in total. The number of esters is 1. The van der Waals surface area contributed by atoms with Crippen LogP contribution in [0.15, 0.2) is 66.7 Å². The van der Waals surface area contributed by atoms with E-state index in [0.717, 1.165) is 17.8 Å². The highest BCUT2D eigenvalue weighted by atomic mass is 16.6. The normalized spacial score (nSPS) is 26.2. The number of fused-ring (bicyclic) bond motifs is 1. The molecule has 0 radical (unpaired) electrons. The van der Waals surface area contributed by atoms with Crippen LogP contribution in [0.1, 0.15) is 80.7 Å². The Morgan fingerprint density at radius 1 is 0.850 bits per heavy atom. The zero-order chi connectivity index (χ0) is 27.6. The highest BCUT2D eigenvalue weighted by Gasteiger charge is 2.52. The first kappa shape index (κ1) is 24.7. The van der Waals surface area contributed by atoms with Crippen molar-refractivity contribution in [2.45, 2.75) is 50.5 Å². The number of benzene rings is 3. The summed E-state index contributed by atoms with van der Waals surface area (Å²) in [5, 5.41) is 10.8. The first-order valence-corrected chi connectivity index (χ1v) is 13.8. The summed E-state index contributed by atoms with van der Waals surface area (Å²) in [7, 11) is 0. The van der Waals surface area contributed by atoms with E-state index in [-0.39, 0.29) is 35.1 Å². The molecule has 0 aromatic heterocycles. The molecule has 8 nitrogen and oxygen atoms in total. The molecular weight excluding hydrogens is 508 g/mol. The van der Waals surface area contributed by atoms with Crippen molar-refractivity contribution >= 4 is 29.2 Å². The SMILES string of the molecule is O=C(OCc1ccc([N+](=O)[O-])cc1)c1ccc(N2C(=O)c3ccc(C45CC6CC(CC(C6)C4)C5)cc3C2=O)cc1. The number of ether oxygens (including phenoxy) is 1. The maximum absolute atomic E-state index is 13.5. The molecule has 0 unspecified atom stereocenters. The van der Waals surface area contributed by atoms with Gasteiger partial charge in [-0.05, 0) is 121 Å². The number of rotatable bonds is 6. The van der Waals surface area contributed by atoms with E-state index in [9.17, 15) is 24.5 Å². The number of carbonyl (C=O) groups is 3. The lowest BCUT2D eigenvalue weighted by Crippen LogP contribution is -2.48. The van der Waals surface area contributed by atoms with Crippen LogP contribution in [0.4, 0.5) is 11.4 Å². The average molecular weight is 537 g/mol. The van der Waals surface area contributed by atoms with Gasteiger partial charge >= 0.3 is 5.97 Å². The van der Waals surface area contributed by atoms with Crippen LogP contribution in [0.5, 0.6) is 0 Å². The van der Waals surface area contributed by atoms with Crippen molar-refractivity contribution in [2.24, 2.45) is 17.8 Å². The third-order valence-electron chi connectivity index (χ3n) is 9.42. The van der Waals surface area contributed by atoms with Crippen LogP contribution in [0.25, 0.3) is 0 Å². The third-order valence-corrected chi connectivity index (χ3v) is 9.42. The summed E-state index contributed by atoms with van der Waals surface area (Å²) in [5.74, 6) is 1.09. The Balaban J connectivity index is 1.06. The van der Waals surface area contributed by atoms with Gasteiger partial charge < -0.3 is 4.74 Å². The molecule has 5 aliphatic rings. The van der Waals surface area contributed by atoms with Crippen molar-refractivity contribution in [1.29, 1.82) is 0 Å². The summed E-state index contributed by atoms with van der Waals surface area (Å²) in [4.78, 5) is 50.8. The van der Waals surface area contributed by atoms with Crippen molar-refractivity contribution in [3.8, 4) is 0 Å². The Labute approximate surface area is 231 Å². The molecule has 0 atom stereocenters. The fraction of sp³-hybridized carbons (Fsp3) is 0.344. The predicted molar refractivity (Wildman–Crippen MR) is 146 cm³/mol. The van der Waals surface area contributed by atoms with Gasteiger partial charge in [0.05, 0.1) is 27.3 Å². The van der Waals surface area contributed by atoms with Gasteiger partial charge in [-0.3, -0.25) is 19.7 Å². The predicted octanol–water partition coefficient (Wildman–Crippen LogP) is 6.22. The minimum atomic E-state index is -0.576. The van der Waals surface area contributed by atoms with Gasteiger partial charge in [-0.25, -0.2) is 9.69 Å². The lowest BCUT2D eigenvalue weighted by Gasteiger charge is -2.57. The van der Waals surface area contributed by atoms with Gasteiger partial charge in [-0.1, -0.05) is 6.07 Å². The second-order valence-corrected chi connectivity index (χ2v) is 12.0. The molecule has 40 heavy (non-hydrogen) atoms. The number of amides is 2. The third kappa shape index (κ3) is 4.01. The fourth-order valence-electron chi connectivity index (χ4n) is 7.96. The molecule has 1 heterocycles. The van der Waals surface area contributed by atoms with E-state index in [4.69, 9.17) is 4.74 Å². The van der Waals surface area contributed by atoms with E-state index in [1.165, 1.54) is 85.4 Å². The highest BCUT2D eigenvalue weighted by Crippen LogP contribution is 2.60. The van der Waals surface area contributed by atoms with Gasteiger partial charge in [-0.2, -0.15) is 0 Å². The van der Waals surface area contributed by atoms with E-state index in [2.05, 4.69) is 6.07 Å². The second-order valence-electron chi connectivity index (χ2n) is 12.0. The van der Waals surface area contributed by atoms with Crippen LogP contribution in [0, 0.1) is 27.9 Å². The van der Waals surface area contributed by atoms with E-state index in [1.54, 1.807) is 12.1 Å². The van der Waals surface area contributed by atoms with Crippen LogP contribution in [0.2, 0.25) is 0 Å². The van der Waals surface area contributed by atoms with Crippen molar-refractivity contribution in [2.75, 3.05) is 4.90 Å². The first-order valence-electron chi connectivity index (χ1n) is 13.8. The average Bonchev–Trinajstić information content (AvgIpc) is 3.20. The second kappa shape index (κ2) is 9.11. The molecule has 8 rings (SSSR count). The number of nitro groups is 1. The van der Waals surface area contributed by atoms with Gasteiger partial charge in [0, 0.05) is 12.1 Å². The number of imide groups is 1. The van der Waals surface area contributed by atoms with Crippen LogP contribution >= 0.6 is 0 Å². The lowest BCUT2D eigenvalue weighted by atomic mass is 9.48. The summed E-state index contributed by atoms with van der Waals surface area (Å²) in [6.07, 6.45) is 7.59. The minimum Gasteiger partial charge on any atom is -0.457 e. The number of nitro benzene ring substituents is 1. The van der Waals surface area contributed by atoms with Crippen molar-refractivity contribution in [1.82, 2.24) is 0 Å². The maximum Gasteiger partial charge on any atom is 0.338 e. The molecule has 2 amide bonds.